The van der Waals surface area contributed by atoms with Gasteiger partial charge in [0, 0.05) is 29.8 Å². The minimum absolute atomic E-state index is 0.112. The average molecular weight is 429 g/mol. The number of hydrogen-bond donors (Lipinski definition) is 2. The molecule has 0 bridgehead atoms. The van der Waals surface area contributed by atoms with Crippen molar-refractivity contribution < 1.29 is 14.0 Å². The molecule has 2 N–H and O–H groups in total. The maximum Gasteiger partial charge on any atom is 0.249 e. The van der Waals surface area contributed by atoms with E-state index in [9.17, 15) is 9.59 Å². The third kappa shape index (κ3) is 5.28. The molecule has 2 aromatic heterocycles. The molecule has 8 nitrogen and oxygen atoms in total. The van der Waals surface area contributed by atoms with Crippen molar-refractivity contribution in [1.82, 2.24) is 14.8 Å². The van der Waals surface area contributed by atoms with Gasteiger partial charge in [0.05, 0.1) is 0 Å². The summed E-state index contributed by atoms with van der Waals surface area (Å²) in [5, 5.41) is 9.65. The van der Waals surface area contributed by atoms with Gasteiger partial charge in [-0.05, 0) is 43.3 Å². The van der Waals surface area contributed by atoms with Crippen LogP contribution < -0.4 is 10.6 Å². The molecule has 0 saturated carbocycles. The highest BCUT2D eigenvalue weighted by Gasteiger charge is 2.15. The van der Waals surface area contributed by atoms with Gasteiger partial charge in [0.15, 0.2) is 0 Å². The Bertz CT molecular complexity index is 1170. The number of furan rings is 1. The predicted molar refractivity (Wildman–Crippen MR) is 121 cm³/mol. The van der Waals surface area contributed by atoms with E-state index in [0.29, 0.717) is 24.2 Å². The van der Waals surface area contributed by atoms with E-state index in [1.165, 1.54) is 17.3 Å². The molecule has 0 saturated heterocycles. The Morgan fingerprint density at radius 3 is 2.38 bits per heavy atom. The zero-order valence-corrected chi connectivity index (χ0v) is 17.6. The van der Waals surface area contributed by atoms with E-state index in [1.807, 2.05) is 42.5 Å². The Labute approximate surface area is 185 Å². The molecule has 0 aliphatic carbocycles. The number of carbonyl (C=O) groups excluding carboxylic acids is 2. The summed E-state index contributed by atoms with van der Waals surface area (Å²) in [6.45, 7) is 1.74. The number of rotatable bonds is 8. The largest absolute Gasteiger partial charge is 0.461 e. The van der Waals surface area contributed by atoms with Crippen LogP contribution >= 0.6 is 0 Å². The smallest absolute Gasteiger partial charge is 0.249 e. The standard InChI is InChI=1S/C24H23N5O3/c1-17(29-16-25-15-26-29)24(31)28-20-9-7-19(8-10-20)27-23(30)14-12-21-11-13-22(32-21)18-5-3-2-4-6-18/h2-11,13,15-17H,12,14H2,1H3,(H,27,30)(H,28,31). The van der Waals surface area contributed by atoms with Crippen LogP contribution in [0.1, 0.15) is 25.1 Å². The molecule has 4 rings (SSSR count). The van der Waals surface area contributed by atoms with Crippen molar-refractivity contribution in [3.63, 3.8) is 0 Å². The minimum Gasteiger partial charge on any atom is -0.461 e. The Morgan fingerprint density at radius 1 is 0.969 bits per heavy atom. The Balaban J connectivity index is 1.26. The molecule has 2 heterocycles. The number of amides is 2. The average Bonchev–Trinajstić information content (AvgIpc) is 3.52. The SMILES string of the molecule is CC(C(=O)Nc1ccc(NC(=O)CCc2ccc(-c3ccccc3)o2)cc1)n1cncn1. The van der Waals surface area contributed by atoms with Crippen LogP contribution in [0.3, 0.4) is 0 Å². The van der Waals surface area contributed by atoms with Crippen LogP contribution in [0.25, 0.3) is 11.3 Å². The molecular formula is C24H23N5O3. The molecule has 0 spiro atoms. The van der Waals surface area contributed by atoms with E-state index < -0.39 is 6.04 Å². The molecule has 8 heteroatoms. The van der Waals surface area contributed by atoms with Crippen molar-refractivity contribution in [2.24, 2.45) is 0 Å². The van der Waals surface area contributed by atoms with Crippen LogP contribution in [0.4, 0.5) is 11.4 Å². The lowest BCUT2D eigenvalue weighted by Gasteiger charge is -2.12. The van der Waals surface area contributed by atoms with Crippen LogP contribution in [0, 0.1) is 0 Å². The summed E-state index contributed by atoms with van der Waals surface area (Å²) < 4.78 is 7.32. The first-order chi connectivity index (χ1) is 15.6. The molecule has 162 valence electrons. The third-order valence-electron chi connectivity index (χ3n) is 4.97. The Hall–Kier alpha value is -4.20. The zero-order valence-electron chi connectivity index (χ0n) is 17.6. The molecule has 1 atom stereocenters. The second-order valence-electron chi connectivity index (χ2n) is 7.30. The molecule has 2 amide bonds. The summed E-state index contributed by atoms with van der Waals surface area (Å²) in [6.07, 6.45) is 3.69. The number of nitrogens with zero attached hydrogens (tertiary/aromatic N) is 3. The molecule has 0 radical (unpaired) electrons. The van der Waals surface area contributed by atoms with Crippen LogP contribution in [-0.4, -0.2) is 26.6 Å². The molecule has 32 heavy (non-hydrogen) atoms. The van der Waals surface area contributed by atoms with Crippen LogP contribution in [0.15, 0.2) is 83.8 Å². The van der Waals surface area contributed by atoms with E-state index in [0.717, 1.165) is 17.1 Å². The van der Waals surface area contributed by atoms with Crippen molar-refractivity contribution in [1.29, 1.82) is 0 Å². The van der Waals surface area contributed by atoms with E-state index in [2.05, 4.69) is 20.7 Å². The fourth-order valence-electron chi connectivity index (χ4n) is 3.15. The molecule has 4 aromatic rings. The van der Waals surface area contributed by atoms with Gasteiger partial charge in [-0.15, -0.1) is 0 Å². The van der Waals surface area contributed by atoms with Crippen LogP contribution in [0.5, 0.6) is 0 Å². The van der Waals surface area contributed by atoms with Gasteiger partial charge in [0.2, 0.25) is 11.8 Å². The number of anilines is 2. The molecule has 0 fully saturated rings. The number of hydrogen-bond acceptors (Lipinski definition) is 5. The van der Waals surface area contributed by atoms with Crippen LogP contribution in [-0.2, 0) is 16.0 Å². The van der Waals surface area contributed by atoms with Gasteiger partial charge in [0.25, 0.3) is 0 Å². The summed E-state index contributed by atoms with van der Waals surface area (Å²) in [5.41, 5.74) is 2.29. The third-order valence-corrected chi connectivity index (χ3v) is 4.97. The van der Waals surface area contributed by atoms with Crippen molar-refractivity contribution in [3.8, 4) is 11.3 Å². The van der Waals surface area contributed by atoms with Crippen molar-refractivity contribution in [2.45, 2.75) is 25.8 Å². The van der Waals surface area contributed by atoms with Crippen molar-refractivity contribution >= 4 is 23.2 Å². The lowest BCUT2D eigenvalue weighted by molar-refractivity contribution is -0.119. The Morgan fingerprint density at radius 2 is 1.69 bits per heavy atom. The number of nitrogens with one attached hydrogen (secondary N) is 2. The molecule has 2 aromatic carbocycles. The van der Waals surface area contributed by atoms with E-state index in [4.69, 9.17) is 4.42 Å². The minimum atomic E-state index is -0.485. The molecule has 0 aliphatic heterocycles. The van der Waals surface area contributed by atoms with Gasteiger partial charge < -0.3 is 15.1 Å². The highest BCUT2D eigenvalue weighted by atomic mass is 16.3. The fourth-order valence-corrected chi connectivity index (χ4v) is 3.15. The number of aryl methyl sites for hydroxylation is 1. The van der Waals surface area contributed by atoms with Gasteiger partial charge in [0.1, 0.15) is 30.2 Å². The van der Waals surface area contributed by atoms with E-state index >= 15 is 0 Å². The second-order valence-corrected chi connectivity index (χ2v) is 7.30. The maximum absolute atomic E-state index is 12.3. The van der Waals surface area contributed by atoms with Gasteiger partial charge in [-0.25, -0.2) is 9.67 Å². The number of aromatic nitrogens is 3. The lowest BCUT2D eigenvalue weighted by Crippen LogP contribution is -2.24. The quantitative estimate of drug-likeness (QED) is 0.435. The first kappa shape index (κ1) is 21.0. The van der Waals surface area contributed by atoms with Gasteiger partial charge >= 0.3 is 0 Å². The normalized spacial score (nSPS) is 11.7. The maximum atomic E-state index is 12.3. The van der Waals surface area contributed by atoms with Crippen LogP contribution in [0.2, 0.25) is 0 Å². The summed E-state index contributed by atoms with van der Waals surface area (Å²) in [4.78, 5) is 28.5. The summed E-state index contributed by atoms with van der Waals surface area (Å²) >= 11 is 0. The van der Waals surface area contributed by atoms with Crippen molar-refractivity contribution in [3.05, 3.63) is 85.1 Å². The van der Waals surface area contributed by atoms with Gasteiger partial charge in [-0.3, -0.25) is 9.59 Å². The number of benzene rings is 2. The predicted octanol–water partition coefficient (Wildman–Crippen LogP) is 4.31. The molecular weight excluding hydrogens is 406 g/mol. The molecule has 0 aliphatic rings. The highest BCUT2D eigenvalue weighted by molar-refractivity contribution is 5.94. The van der Waals surface area contributed by atoms with Crippen molar-refractivity contribution in [2.75, 3.05) is 10.6 Å². The summed E-state index contributed by atoms with van der Waals surface area (Å²) in [7, 11) is 0. The monoisotopic (exact) mass is 429 g/mol. The zero-order chi connectivity index (χ0) is 22.3. The second kappa shape index (κ2) is 9.74. The van der Waals surface area contributed by atoms with Gasteiger partial charge in [-0.1, -0.05) is 30.3 Å². The summed E-state index contributed by atoms with van der Waals surface area (Å²) in [5.74, 6) is 1.23. The first-order valence-electron chi connectivity index (χ1n) is 10.3. The Kier molecular flexibility index (Phi) is 6.41. The number of carbonyl (C=O) groups is 2. The first-order valence-corrected chi connectivity index (χ1v) is 10.3. The molecule has 1 unspecified atom stereocenters. The lowest BCUT2D eigenvalue weighted by atomic mass is 10.2. The summed E-state index contributed by atoms with van der Waals surface area (Å²) in [6, 6.07) is 20.1. The van der Waals surface area contributed by atoms with Gasteiger partial charge in [-0.2, -0.15) is 5.10 Å². The highest BCUT2D eigenvalue weighted by Crippen LogP contribution is 2.22. The fraction of sp³-hybridized carbons (Fsp3) is 0.167. The van der Waals surface area contributed by atoms with E-state index in [-0.39, 0.29) is 11.8 Å². The van der Waals surface area contributed by atoms with E-state index in [1.54, 1.807) is 31.2 Å². The topological polar surface area (TPSA) is 102 Å².